The zero-order valence-electron chi connectivity index (χ0n) is 18.4. The molecular weight excluding hydrogens is 444 g/mol. The van der Waals surface area contributed by atoms with E-state index in [0.29, 0.717) is 17.2 Å². The minimum atomic E-state index is -3.77. The highest BCUT2D eigenvalue weighted by Gasteiger charge is 2.31. The van der Waals surface area contributed by atoms with Crippen LogP contribution in [0.2, 0.25) is 5.02 Å². The number of methoxy groups -OCH3 is 3. The van der Waals surface area contributed by atoms with Crippen LogP contribution in [0.25, 0.3) is 0 Å². The van der Waals surface area contributed by atoms with Gasteiger partial charge in [-0.2, -0.15) is 0 Å². The Morgan fingerprint density at radius 2 is 1.58 bits per heavy atom. The van der Waals surface area contributed by atoms with E-state index in [-0.39, 0.29) is 23.2 Å². The summed E-state index contributed by atoms with van der Waals surface area (Å²) >= 11 is 6.17. The quantitative estimate of drug-likeness (QED) is 0.559. The number of anilines is 1. The minimum absolute atomic E-state index is 0.243. The normalized spacial score (nSPS) is 12.1. The number of hydrogen-bond acceptors (Lipinski definition) is 6. The summed E-state index contributed by atoms with van der Waals surface area (Å²) in [7, 11) is 2.37. The first-order valence-corrected chi connectivity index (χ1v) is 11.5. The van der Waals surface area contributed by atoms with Crippen LogP contribution in [0, 0.1) is 0 Å². The second-order valence-electron chi connectivity index (χ2n) is 6.94. The van der Waals surface area contributed by atoms with E-state index in [1.807, 2.05) is 6.07 Å². The van der Waals surface area contributed by atoms with Crippen LogP contribution in [0.15, 0.2) is 36.4 Å². The first kappa shape index (κ1) is 24.6. The molecule has 0 fully saturated rings. The highest BCUT2D eigenvalue weighted by Crippen LogP contribution is 2.32. The Morgan fingerprint density at radius 3 is 2.10 bits per heavy atom. The number of carbonyl (C=O) groups is 1. The summed E-state index contributed by atoms with van der Waals surface area (Å²) in [5, 5.41) is 0.243. The second-order valence-corrected chi connectivity index (χ2v) is 9.20. The Bertz CT molecular complexity index is 1040. The fraction of sp³-hybridized carbons (Fsp3) is 0.381. The summed E-state index contributed by atoms with van der Waals surface area (Å²) in [4.78, 5) is 14.6. The Labute approximate surface area is 188 Å². The predicted molar refractivity (Wildman–Crippen MR) is 121 cm³/mol. The smallest absolute Gasteiger partial charge is 0.246 e. The Morgan fingerprint density at radius 1 is 1.00 bits per heavy atom. The van der Waals surface area contributed by atoms with E-state index >= 15 is 0 Å². The number of halogens is 1. The molecule has 0 aliphatic carbocycles. The van der Waals surface area contributed by atoms with Crippen LogP contribution in [-0.4, -0.2) is 59.9 Å². The van der Waals surface area contributed by atoms with Gasteiger partial charge in [0.05, 0.1) is 38.3 Å². The third kappa shape index (κ3) is 5.74. The molecular formula is C21H27ClN2O6S. The van der Waals surface area contributed by atoms with Crippen LogP contribution in [0.4, 0.5) is 5.69 Å². The summed E-state index contributed by atoms with van der Waals surface area (Å²) in [6.45, 7) is 1.79. The molecule has 0 unspecified atom stereocenters. The fourth-order valence-electron chi connectivity index (χ4n) is 3.24. The molecule has 170 valence electrons. The molecule has 8 nitrogen and oxygen atoms in total. The number of carbonyl (C=O) groups excluding carboxylic acids is 1. The summed E-state index contributed by atoms with van der Waals surface area (Å²) < 4.78 is 41.8. The van der Waals surface area contributed by atoms with Crippen molar-refractivity contribution in [1.82, 2.24) is 4.90 Å². The van der Waals surface area contributed by atoms with Crippen LogP contribution in [-0.2, 0) is 21.4 Å². The van der Waals surface area contributed by atoms with E-state index in [1.54, 1.807) is 38.4 Å². The van der Waals surface area contributed by atoms with Gasteiger partial charge in [-0.1, -0.05) is 17.7 Å². The third-order valence-corrected chi connectivity index (χ3v) is 6.24. The average molecular weight is 471 g/mol. The van der Waals surface area contributed by atoms with E-state index in [9.17, 15) is 13.2 Å². The molecule has 0 radical (unpaired) electrons. The van der Waals surface area contributed by atoms with E-state index in [1.165, 1.54) is 32.1 Å². The van der Waals surface area contributed by atoms with Gasteiger partial charge in [0.25, 0.3) is 0 Å². The van der Waals surface area contributed by atoms with Gasteiger partial charge < -0.3 is 19.1 Å². The number of amides is 1. The molecule has 1 atom stereocenters. The van der Waals surface area contributed by atoms with Crippen molar-refractivity contribution in [3.63, 3.8) is 0 Å². The largest absolute Gasteiger partial charge is 0.495 e. The van der Waals surface area contributed by atoms with Crippen molar-refractivity contribution in [2.75, 3.05) is 38.9 Å². The number of ether oxygens (including phenoxy) is 3. The summed E-state index contributed by atoms with van der Waals surface area (Å²) in [6.07, 6.45) is 1.04. The maximum Gasteiger partial charge on any atom is 0.246 e. The van der Waals surface area contributed by atoms with Crippen molar-refractivity contribution < 1.29 is 27.4 Å². The van der Waals surface area contributed by atoms with Gasteiger partial charge in [-0.3, -0.25) is 9.10 Å². The van der Waals surface area contributed by atoms with Crippen LogP contribution in [0.1, 0.15) is 12.5 Å². The van der Waals surface area contributed by atoms with Gasteiger partial charge in [0.2, 0.25) is 15.9 Å². The van der Waals surface area contributed by atoms with Gasteiger partial charge >= 0.3 is 0 Å². The van der Waals surface area contributed by atoms with Gasteiger partial charge in [-0.15, -0.1) is 0 Å². The number of benzene rings is 2. The molecule has 0 heterocycles. The number of rotatable bonds is 9. The molecule has 1 amide bonds. The van der Waals surface area contributed by atoms with E-state index in [4.69, 9.17) is 25.8 Å². The molecule has 2 rings (SSSR count). The lowest BCUT2D eigenvalue weighted by molar-refractivity contribution is -0.131. The standard InChI is InChI=1S/C21H27ClN2O6S/c1-14(24(31(6,26)27)16-8-10-18(28-3)17(22)12-16)21(25)23(2)13-15-7-9-19(29-4)20(11-15)30-5/h7-12,14H,13H2,1-6H3/t14-/m0/s1. The number of sulfonamides is 1. The van der Waals surface area contributed by atoms with Crippen molar-refractivity contribution in [3.05, 3.63) is 47.0 Å². The zero-order chi connectivity index (χ0) is 23.3. The van der Waals surface area contributed by atoms with Crippen molar-refractivity contribution >= 4 is 33.2 Å². The first-order valence-electron chi connectivity index (χ1n) is 9.32. The number of hydrogen-bond donors (Lipinski definition) is 0. The molecule has 0 aliphatic rings. The minimum Gasteiger partial charge on any atom is -0.495 e. The van der Waals surface area contributed by atoms with Crippen LogP contribution in [0.5, 0.6) is 17.2 Å². The third-order valence-electron chi connectivity index (χ3n) is 4.70. The maximum atomic E-state index is 13.1. The Kier molecular flexibility index (Phi) is 8.02. The molecule has 0 aromatic heterocycles. The number of likely N-dealkylation sites (N-methyl/N-ethyl adjacent to an activating group) is 1. The highest BCUT2D eigenvalue weighted by molar-refractivity contribution is 7.92. The predicted octanol–water partition coefficient (Wildman–Crippen LogP) is 3.18. The van der Waals surface area contributed by atoms with Crippen LogP contribution < -0.4 is 18.5 Å². The van der Waals surface area contributed by atoms with Gasteiger partial charge in [-0.25, -0.2) is 8.42 Å². The molecule has 0 bridgehead atoms. The van der Waals surface area contributed by atoms with Crippen molar-refractivity contribution in [3.8, 4) is 17.2 Å². The van der Waals surface area contributed by atoms with Gasteiger partial charge in [0.1, 0.15) is 11.8 Å². The number of nitrogens with zero attached hydrogens (tertiary/aromatic N) is 2. The van der Waals surface area contributed by atoms with Gasteiger partial charge in [0, 0.05) is 13.6 Å². The molecule has 0 aliphatic heterocycles. The highest BCUT2D eigenvalue weighted by atomic mass is 35.5. The molecule has 0 spiro atoms. The topological polar surface area (TPSA) is 85.4 Å². The molecule has 0 saturated heterocycles. The molecule has 10 heteroatoms. The lowest BCUT2D eigenvalue weighted by atomic mass is 10.1. The molecule has 0 N–H and O–H groups in total. The van der Waals surface area contributed by atoms with Crippen molar-refractivity contribution in [2.24, 2.45) is 0 Å². The maximum absolute atomic E-state index is 13.1. The van der Waals surface area contributed by atoms with E-state index in [2.05, 4.69) is 0 Å². The van der Waals surface area contributed by atoms with Gasteiger partial charge in [-0.05, 0) is 42.8 Å². The van der Waals surface area contributed by atoms with Crippen molar-refractivity contribution in [1.29, 1.82) is 0 Å². The van der Waals surface area contributed by atoms with E-state index in [0.717, 1.165) is 16.1 Å². The fourth-order valence-corrected chi connectivity index (χ4v) is 4.66. The second kappa shape index (κ2) is 10.1. The average Bonchev–Trinajstić information content (AvgIpc) is 2.72. The van der Waals surface area contributed by atoms with Crippen LogP contribution >= 0.6 is 11.6 Å². The summed E-state index contributed by atoms with van der Waals surface area (Å²) in [6, 6.07) is 8.89. The van der Waals surface area contributed by atoms with Crippen molar-refractivity contribution in [2.45, 2.75) is 19.5 Å². The zero-order valence-corrected chi connectivity index (χ0v) is 20.0. The lowest BCUT2D eigenvalue weighted by Crippen LogP contribution is -2.48. The molecule has 2 aromatic rings. The van der Waals surface area contributed by atoms with Gasteiger partial charge in [0.15, 0.2) is 11.5 Å². The van der Waals surface area contributed by atoms with E-state index < -0.39 is 16.1 Å². The monoisotopic (exact) mass is 470 g/mol. The molecule has 0 saturated carbocycles. The summed E-state index contributed by atoms with van der Waals surface area (Å²) in [5.41, 5.74) is 1.08. The summed E-state index contributed by atoms with van der Waals surface area (Å²) in [5.74, 6) is 1.14. The first-order chi connectivity index (χ1) is 14.5. The Balaban J connectivity index is 2.30. The Hall–Kier alpha value is -2.65. The lowest BCUT2D eigenvalue weighted by Gasteiger charge is -2.31. The SMILES string of the molecule is COc1ccc(N([C@@H](C)C(=O)N(C)Cc2ccc(OC)c(OC)c2)S(C)(=O)=O)cc1Cl. The van der Waals surface area contributed by atoms with Crippen LogP contribution in [0.3, 0.4) is 0 Å². The molecule has 31 heavy (non-hydrogen) atoms. The molecule has 2 aromatic carbocycles.